The van der Waals surface area contributed by atoms with E-state index in [1.807, 2.05) is 0 Å². The van der Waals surface area contributed by atoms with E-state index in [1.54, 1.807) is 0 Å². The Kier molecular flexibility index (Phi) is 5.30. The maximum atomic E-state index is 5.18. The van der Waals surface area contributed by atoms with Crippen molar-refractivity contribution in [2.24, 2.45) is 0 Å². The molecule has 0 saturated heterocycles. The molecule has 0 N–H and O–H groups in total. The van der Waals surface area contributed by atoms with Gasteiger partial charge < -0.3 is 0 Å². The van der Waals surface area contributed by atoms with Crippen molar-refractivity contribution in [3.8, 4) is 0 Å². The summed E-state index contributed by atoms with van der Waals surface area (Å²) >= 11 is 5.18. The van der Waals surface area contributed by atoms with Crippen LogP contribution in [0.3, 0.4) is 0 Å². The zero-order valence-electron chi connectivity index (χ0n) is 6.55. The van der Waals surface area contributed by atoms with Gasteiger partial charge in [-0.05, 0) is 19.5 Å². The molecule has 55 valence electrons. The fraction of sp³-hybridized carbons (Fsp3) is 1.00. The third kappa shape index (κ3) is 3.11. The molecule has 9 heavy (non-hydrogen) atoms. The fourth-order valence-corrected chi connectivity index (χ4v) is 1.19. The van der Waals surface area contributed by atoms with Crippen molar-refractivity contribution in [3.05, 3.63) is 0 Å². The van der Waals surface area contributed by atoms with Gasteiger partial charge in [0.05, 0.1) is 5.37 Å². The minimum absolute atomic E-state index is 0.347. The van der Waals surface area contributed by atoms with Crippen molar-refractivity contribution in [2.45, 2.75) is 32.6 Å². The summed E-state index contributed by atoms with van der Waals surface area (Å²) in [5, 5.41) is 0.347. The summed E-state index contributed by atoms with van der Waals surface area (Å²) in [4.78, 5) is 2.29. The van der Waals surface area contributed by atoms with E-state index in [0.717, 1.165) is 19.5 Å². The molecule has 1 radical (unpaired) electrons. The predicted octanol–water partition coefficient (Wildman–Crippen LogP) is 2.26. The number of nitrogens with zero attached hydrogens (tertiary/aromatic N) is 1. The summed E-state index contributed by atoms with van der Waals surface area (Å²) < 4.78 is 0. The van der Waals surface area contributed by atoms with E-state index in [4.69, 9.17) is 12.6 Å². The van der Waals surface area contributed by atoms with Gasteiger partial charge in [0.25, 0.3) is 0 Å². The molecule has 0 rings (SSSR count). The molecule has 0 fully saturated rings. The molecular formula is C7H16NS. The monoisotopic (exact) mass is 146 g/mol. The van der Waals surface area contributed by atoms with Gasteiger partial charge in [0.15, 0.2) is 0 Å². The number of rotatable bonds is 4. The van der Waals surface area contributed by atoms with Gasteiger partial charge >= 0.3 is 0 Å². The highest BCUT2D eigenvalue weighted by atomic mass is 32.1. The quantitative estimate of drug-likeness (QED) is 0.588. The Labute approximate surface area is 63.8 Å². The summed E-state index contributed by atoms with van der Waals surface area (Å²) in [6, 6.07) is 0. The molecule has 0 bridgehead atoms. The van der Waals surface area contributed by atoms with E-state index in [9.17, 15) is 0 Å². The Hall–Kier alpha value is 0.310. The summed E-state index contributed by atoms with van der Waals surface area (Å²) in [7, 11) is 0. The van der Waals surface area contributed by atoms with E-state index in [-0.39, 0.29) is 0 Å². The second kappa shape index (κ2) is 5.12. The SMILES string of the molecule is CCC([S])N(CC)CC. The van der Waals surface area contributed by atoms with Crippen molar-refractivity contribution >= 4 is 12.6 Å². The highest BCUT2D eigenvalue weighted by Gasteiger charge is 2.07. The van der Waals surface area contributed by atoms with E-state index >= 15 is 0 Å². The van der Waals surface area contributed by atoms with Crippen LogP contribution >= 0.6 is 12.6 Å². The minimum atomic E-state index is 0.347. The summed E-state index contributed by atoms with van der Waals surface area (Å²) in [5.41, 5.74) is 0. The number of hydrogen-bond acceptors (Lipinski definition) is 1. The van der Waals surface area contributed by atoms with E-state index in [2.05, 4.69) is 25.7 Å². The Balaban J connectivity index is 3.50. The lowest BCUT2D eigenvalue weighted by Gasteiger charge is -2.22. The Bertz CT molecular complexity index is 61.9. The van der Waals surface area contributed by atoms with Crippen molar-refractivity contribution in [1.29, 1.82) is 0 Å². The first-order valence-electron chi connectivity index (χ1n) is 3.66. The van der Waals surface area contributed by atoms with Crippen molar-refractivity contribution in [2.75, 3.05) is 13.1 Å². The molecule has 0 spiro atoms. The van der Waals surface area contributed by atoms with Crippen LogP contribution in [0, 0.1) is 0 Å². The molecule has 0 amide bonds. The van der Waals surface area contributed by atoms with Crippen LogP contribution in [0.4, 0.5) is 0 Å². The van der Waals surface area contributed by atoms with Crippen LogP contribution in [0.25, 0.3) is 0 Å². The molecule has 0 heterocycles. The second-order valence-electron chi connectivity index (χ2n) is 2.08. The van der Waals surface area contributed by atoms with Crippen LogP contribution in [0.2, 0.25) is 0 Å². The lowest BCUT2D eigenvalue weighted by atomic mass is 10.4. The van der Waals surface area contributed by atoms with Gasteiger partial charge in [0.1, 0.15) is 0 Å². The van der Waals surface area contributed by atoms with Crippen molar-refractivity contribution in [3.63, 3.8) is 0 Å². The van der Waals surface area contributed by atoms with Gasteiger partial charge in [-0.25, -0.2) is 0 Å². The van der Waals surface area contributed by atoms with Crippen LogP contribution in [0.5, 0.6) is 0 Å². The van der Waals surface area contributed by atoms with Crippen LogP contribution in [-0.4, -0.2) is 23.4 Å². The molecule has 1 atom stereocenters. The molecular weight excluding hydrogens is 130 g/mol. The topological polar surface area (TPSA) is 3.24 Å². The Morgan fingerprint density at radius 2 is 1.67 bits per heavy atom. The Morgan fingerprint density at radius 3 is 1.78 bits per heavy atom. The van der Waals surface area contributed by atoms with E-state index in [1.165, 1.54) is 0 Å². The standard InChI is InChI=1S/C7H16NS/c1-4-7(9)8(5-2)6-3/h7H,4-6H2,1-3H3. The van der Waals surface area contributed by atoms with Crippen molar-refractivity contribution < 1.29 is 0 Å². The normalized spacial score (nSPS) is 14.3. The molecule has 0 saturated carbocycles. The summed E-state index contributed by atoms with van der Waals surface area (Å²) in [6.07, 6.45) is 1.08. The van der Waals surface area contributed by atoms with Crippen LogP contribution in [0.1, 0.15) is 27.2 Å². The molecule has 0 aliphatic heterocycles. The van der Waals surface area contributed by atoms with Crippen LogP contribution < -0.4 is 0 Å². The molecule has 0 aromatic rings. The minimum Gasteiger partial charge on any atom is -0.291 e. The lowest BCUT2D eigenvalue weighted by molar-refractivity contribution is 0.281. The van der Waals surface area contributed by atoms with Gasteiger partial charge in [-0.3, -0.25) is 4.90 Å². The molecule has 1 nitrogen and oxygen atoms in total. The molecule has 0 aromatic carbocycles. The van der Waals surface area contributed by atoms with Crippen LogP contribution in [-0.2, 0) is 0 Å². The second-order valence-corrected chi connectivity index (χ2v) is 2.63. The maximum Gasteiger partial charge on any atom is 0.0659 e. The predicted molar refractivity (Wildman–Crippen MR) is 44.6 cm³/mol. The highest BCUT2D eigenvalue weighted by Crippen LogP contribution is 2.06. The van der Waals surface area contributed by atoms with E-state index < -0.39 is 0 Å². The van der Waals surface area contributed by atoms with Gasteiger partial charge in [-0.15, -0.1) is 0 Å². The first-order chi connectivity index (χ1) is 4.26. The smallest absolute Gasteiger partial charge is 0.0659 e. The molecule has 0 aliphatic carbocycles. The lowest BCUT2D eigenvalue weighted by Crippen LogP contribution is -2.30. The third-order valence-electron chi connectivity index (χ3n) is 1.57. The average molecular weight is 146 g/mol. The number of hydrogen-bond donors (Lipinski definition) is 0. The van der Waals surface area contributed by atoms with Crippen LogP contribution in [0.15, 0.2) is 0 Å². The van der Waals surface area contributed by atoms with Crippen molar-refractivity contribution in [1.82, 2.24) is 4.90 Å². The van der Waals surface area contributed by atoms with Gasteiger partial charge in [0.2, 0.25) is 0 Å². The zero-order chi connectivity index (χ0) is 7.28. The first-order valence-corrected chi connectivity index (χ1v) is 4.13. The molecule has 1 unspecified atom stereocenters. The Morgan fingerprint density at radius 1 is 1.22 bits per heavy atom. The zero-order valence-corrected chi connectivity index (χ0v) is 7.37. The third-order valence-corrected chi connectivity index (χ3v) is 2.20. The molecule has 2 heteroatoms. The molecule has 0 aliphatic rings. The average Bonchev–Trinajstić information content (AvgIpc) is 1.90. The summed E-state index contributed by atoms with van der Waals surface area (Å²) in [6.45, 7) is 8.60. The molecule has 0 aromatic heterocycles. The fourth-order valence-electron chi connectivity index (χ4n) is 0.889. The maximum absolute atomic E-state index is 5.18. The van der Waals surface area contributed by atoms with E-state index in [0.29, 0.717) is 5.37 Å². The largest absolute Gasteiger partial charge is 0.291 e. The van der Waals surface area contributed by atoms with Gasteiger partial charge in [-0.2, -0.15) is 0 Å². The highest BCUT2D eigenvalue weighted by molar-refractivity contribution is 7.80. The van der Waals surface area contributed by atoms with Gasteiger partial charge in [-0.1, -0.05) is 33.4 Å². The van der Waals surface area contributed by atoms with Gasteiger partial charge in [0, 0.05) is 0 Å². The first kappa shape index (κ1) is 9.31. The summed E-state index contributed by atoms with van der Waals surface area (Å²) in [5.74, 6) is 0.